The zero-order chi connectivity index (χ0) is 25.2. The van der Waals surface area contributed by atoms with Gasteiger partial charge in [-0.2, -0.15) is 0 Å². The van der Waals surface area contributed by atoms with Gasteiger partial charge in [0.1, 0.15) is 12.4 Å². The molecule has 1 aromatic heterocycles. The highest BCUT2D eigenvalue weighted by atomic mass is 16.2. The number of aryl methyl sites for hydroxylation is 1. The molecule has 4 rings (SSSR count). The number of amides is 2. The number of rotatable bonds is 12. The molecule has 2 amide bonds. The van der Waals surface area contributed by atoms with Crippen molar-refractivity contribution in [3.05, 3.63) is 78.6 Å². The van der Waals surface area contributed by atoms with Gasteiger partial charge in [-0.3, -0.25) is 9.59 Å². The summed E-state index contributed by atoms with van der Waals surface area (Å²) in [5.41, 5.74) is 3.13. The standard InChI is InChI=1S/C30H38N4O2/c1-2-29(35)31-21-13-5-10-20-28-32-26-18-11-12-19-27(26)34(28)23-30(36)33(25-16-8-4-9-17-25)22-24-14-6-3-7-15-24/h2-3,6-7,11-12,14-15,18-19,25H,1,4-5,8-10,13,16-17,20-23H2,(H,31,35). The Bertz CT molecular complexity index is 1150. The maximum Gasteiger partial charge on any atom is 0.243 e. The average molecular weight is 487 g/mol. The van der Waals surface area contributed by atoms with E-state index in [2.05, 4.69) is 39.6 Å². The first kappa shape index (κ1) is 25.7. The fourth-order valence-corrected chi connectivity index (χ4v) is 5.18. The lowest BCUT2D eigenvalue weighted by Gasteiger charge is -2.35. The van der Waals surface area contributed by atoms with E-state index < -0.39 is 0 Å². The number of carbonyl (C=O) groups is 2. The molecule has 1 heterocycles. The third kappa shape index (κ3) is 6.84. The SMILES string of the molecule is C=CC(=O)NCCCCCc1nc2ccccc2n1CC(=O)N(Cc1ccccc1)C1CCCCC1. The second kappa shape index (κ2) is 13.1. The van der Waals surface area contributed by atoms with E-state index in [9.17, 15) is 9.59 Å². The molecule has 1 fully saturated rings. The molecule has 0 spiro atoms. The molecule has 0 atom stereocenters. The predicted octanol–water partition coefficient (Wildman–Crippen LogP) is 5.41. The number of fused-ring (bicyclic) bond motifs is 1. The van der Waals surface area contributed by atoms with Gasteiger partial charge in [0.05, 0.1) is 11.0 Å². The highest BCUT2D eigenvalue weighted by Crippen LogP contribution is 2.26. The van der Waals surface area contributed by atoms with E-state index in [0.717, 1.165) is 55.4 Å². The van der Waals surface area contributed by atoms with Gasteiger partial charge in [-0.05, 0) is 49.5 Å². The lowest BCUT2D eigenvalue weighted by atomic mass is 9.93. The minimum absolute atomic E-state index is 0.131. The minimum atomic E-state index is -0.131. The Morgan fingerprint density at radius 1 is 1.00 bits per heavy atom. The highest BCUT2D eigenvalue weighted by molar-refractivity contribution is 5.86. The molecule has 6 heteroatoms. The number of nitrogens with one attached hydrogen (secondary N) is 1. The molecule has 0 radical (unpaired) electrons. The second-order valence-corrected chi connectivity index (χ2v) is 9.71. The largest absolute Gasteiger partial charge is 0.353 e. The van der Waals surface area contributed by atoms with E-state index in [4.69, 9.17) is 4.98 Å². The van der Waals surface area contributed by atoms with Crippen LogP contribution in [0.15, 0.2) is 67.3 Å². The topological polar surface area (TPSA) is 67.2 Å². The molecule has 3 aromatic rings. The molecule has 1 N–H and O–H groups in total. The van der Waals surface area contributed by atoms with Crippen LogP contribution in [0.1, 0.15) is 62.8 Å². The molecule has 1 aliphatic rings. The number of unbranched alkanes of at least 4 members (excludes halogenated alkanes) is 2. The van der Waals surface area contributed by atoms with Crippen LogP contribution in [0.5, 0.6) is 0 Å². The molecule has 0 aliphatic heterocycles. The Labute approximate surface area is 214 Å². The first-order chi connectivity index (χ1) is 17.7. The van der Waals surface area contributed by atoms with Crippen molar-refractivity contribution in [2.24, 2.45) is 0 Å². The molecule has 36 heavy (non-hydrogen) atoms. The van der Waals surface area contributed by atoms with E-state index in [1.165, 1.54) is 30.9 Å². The molecular formula is C30H38N4O2. The van der Waals surface area contributed by atoms with Gasteiger partial charge in [-0.1, -0.05) is 74.7 Å². The van der Waals surface area contributed by atoms with Crippen molar-refractivity contribution in [1.82, 2.24) is 19.8 Å². The van der Waals surface area contributed by atoms with Crippen LogP contribution in [0.25, 0.3) is 11.0 Å². The summed E-state index contributed by atoms with van der Waals surface area (Å²) in [7, 11) is 0. The van der Waals surface area contributed by atoms with Crippen molar-refractivity contribution in [2.75, 3.05) is 6.54 Å². The Morgan fingerprint density at radius 2 is 1.75 bits per heavy atom. The summed E-state index contributed by atoms with van der Waals surface area (Å²) in [4.78, 5) is 32.2. The van der Waals surface area contributed by atoms with E-state index in [1.807, 2.05) is 36.4 Å². The molecule has 0 unspecified atom stereocenters. The van der Waals surface area contributed by atoms with Crippen molar-refractivity contribution in [2.45, 2.75) is 76.9 Å². The monoisotopic (exact) mass is 486 g/mol. The fourth-order valence-electron chi connectivity index (χ4n) is 5.18. The lowest BCUT2D eigenvalue weighted by Crippen LogP contribution is -2.42. The number of hydrogen-bond donors (Lipinski definition) is 1. The van der Waals surface area contributed by atoms with Crippen LogP contribution in [0.2, 0.25) is 0 Å². The smallest absolute Gasteiger partial charge is 0.243 e. The van der Waals surface area contributed by atoms with Crippen molar-refractivity contribution in [1.29, 1.82) is 0 Å². The van der Waals surface area contributed by atoms with Gasteiger partial charge in [0.2, 0.25) is 11.8 Å². The third-order valence-electron chi connectivity index (χ3n) is 7.12. The van der Waals surface area contributed by atoms with Crippen LogP contribution in [-0.4, -0.2) is 38.9 Å². The summed E-state index contributed by atoms with van der Waals surface area (Å²) in [6.45, 7) is 5.10. The summed E-state index contributed by atoms with van der Waals surface area (Å²) in [5, 5.41) is 2.83. The number of para-hydroxylation sites is 2. The van der Waals surface area contributed by atoms with Gasteiger partial charge in [0, 0.05) is 25.6 Å². The van der Waals surface area contributed by atoms with Gasteiger partial charge in [-0.15, -0.1) is 0 Å². The second-order valence-electron chi connectivity index (χ2n) is 9.71. The first-order valence-electron chi connectivity index (χ1n) is 13.3. The first-order valence-corrected chi connectivity index (χ1v) is 13.3. The van der Waals surface area contributed by atoms with E-state index in [0.29, 0.717) is 25.7 Å². The van der Waals surface area contributed by atoms with Crippen molar-refractivity contribution >= 4 is 22.8 Å². The number of carbonyl (C=O) groups excluding carboxylic acids is 2. The number of aromatic nitrogens is 2. The molecule has 1 saturated carbocycles. The normalized spacial score (nSPS) is 14.0. The van der Waals surface area contributed by atoms with Crippen LogP contribution in [0.3, 0.4) is 0 Å². The molecule has 190 valence electrons. The molecular weight excluding hydrogens is 448 g/mol. The van der Waals surface area contributed by atoms with Crippen LogP contribution in [0, 0.1) is 0 Å². The van der Waals surface area contributed by atoms with Crippen LogP contribution in [-0.2, 0) is 29.1 Å². The summed E-state index contributed by atoms with van der Waals surface area (Å²) >= 11 is 0. The van der Waals surface area contributed by atoms with Crippen molar-refractivity contribution in [3.63, 3.8) is 0 Å². The molecule has 0 bridgehead atoms. The Balaban J connectivity index is 1.47. The summed E-state index contributed by atoms with van der Waals surface area (Å²) in [6.07, 6.45) is 10.8. The number of benzene rings is 2. The summed E-state index contributed by atoms with van der Waals surface area (Å²) in [6, 6.07) is 18.7. The van der Waals surface area contributed by atoms with Crippen LogP contribution < -0.4 is 5.32 Å². The molecule has 0 saturated heterocycles. The lowest BCUT2D eigenvalue weighted by molar-refractivity contribution is -0.135. The van der Waals surface area contributed by atoms with E-state index in [-0.39, 0.29) is 11.8 Å². The Kier molecular flexibility index (Phi) is 9.31. The highest BCUT2D eigenvalue weighted by Gasteiger charge is 2.26. The Morgan fingerprint density at radius 3 is 2.53 bits per heavy atom. The van der Waals surface area contributed by atoms with Crippen molar-refractivity contribution in [3.8, 4) is 0 Å². The zero-order valence-corrected chi connectivity index (χ0v) is 21.2. The third-order valence-corrected chi connectivity index (χ3v) is 7.12. The maximum atomic E-state index is 13.8. The number of nitrogens with zero attached hydrogens (tertiary/aromatic N) is 3. The average Bonchev–Trinajstić information content (AvgIpc) is 3.27. The van der Waals surface area contributed by atoms with Crippen molar-refractivity contribution < 1.29 is 9.59 Å². The molecule has 6 nitrogen and oxygen atoms in total. The van der Waals surface area contributed by atoms with Crippen LogP contribution >= 0.6 is 0 Å². The quantitative estimate of drug-likeness (QED) is 0.275. The van der Waals surface area contributed by atoms with Gasteiger partial charge in [0.15, 0.2) is 0 Å². The predicted molar refractivity (Wildman–Crippen MR) is 144 cm³/mol. The molecule has 1 aliphatic carbocycles. The fraction of sp³-hybridized carbons (Fsp3) is 0.433. The van der Waals surface area contributed by atoms with Gasteiger partial charge in [-0.25, -0.2) is 4.98 Å². The number of imidazole rings is 1. The van der Waals surface area contributed by atoms with Gasteiger partial charge >= 0.3 is 0 Å². The minimum Gasteiger partial charge on any atom is -0.353 e. The molecule has 2 aromatic carbocycles. The summed E-state index contributed by atoms with van der Waals surface area (Å²) < 4.78 is 2.12. The summed E-state index contributed by atoms with van der Waals surface area (Å²) in [5.74, 6) is 0.999. The van der Waals surface area contributed by atoms with Gasteiger partial charge in [0.25, 0.3) is 0 Å². The van der Waals surface area contributed by atoms with E-state index >= 15 is 0 Å². The van der Waals surface area contributed by atoms with E-state index in [1.54, 1.807) is 0 Å². The zero-order valence-electron chi connectivity index (χ0n) is 21.2. The Hall–Kier alpha value is -3.41. The maximum absolute atomic E-state index is 13.8. The van der Waals surface area contributed by atoms with Crippen LogP contribution in [0.4, 0.5) is 0 Å². The number of hydrogen-bond acceptors (Lipinski definition) is 3. The van der Waals surface area contributed by atoms with Gasteiger partial charge < -0.3 is 14.8 Å².